The molecule has 0 aliphatic heterocycles. The maximum atomic E-state index is 12.8. The van der Waals surface area contributed by atoms with E-state index < -0.39 is 6.10 Å². The molecule has 0 saturated carbocycles. The van der Waals surface area contributed by atoms with E-state index >= 15 is 0 Å². The van der Waals surface area contributed by atoms with Crippen LogP contribution < -0.4 is 0 Å². The zero-order valence-corrected chi connectivity index (χ0v) is 49.6. The first-order chi connectivity index (χ1) is 37.0. The van der Waals surface area contributed by atoms with Gasteiger partial charge in [0.25, 0.3) is 0 Å². The van der Waals surface area contributed by atoms with E-state index in [1.807, 2.05) is 0 Å². The van der Waals surface area contributed by atoms with Gasteiger partial charge in [0.05, 0.1) is 0 Å². The van der Waals surface area contributed by atoms with Crippen LogP contribution in [-0.4, -0.2) is 37.2 Å². The molecule has 1 unspecified atom stereocenters. The Morgan fingerprint density at radius 3 is 0.880 bits per heavy atom. The third kappa shape index (κ3) is 61.3. The summed E-state index contributed by atoms with van der Waals surface area (Å²) in [6, 6.07) is 0. The van der Waals surface area contributed by atoms with Crippen molar-refractivity contribution in [2.45, 2.75) is 322 Å². The maximum absolute atomic E-state index is 12.8. The number of carbonyl (C=O) groups is 3. The van der Waals surface area contributed by atoms with Gasteiger partial charge in [-0.15, -0.1) is 0 Å². The van der Waals surface area contributed by atoms with Crippen LogP contribution in [0.5, 0.6) is 0 Å². The molecule has 0 aromatic carbocycles. The van der Waals surface area contributed by atoms with Crippen LogP contribution >= 0.6 is 0 Å². The van der Waals surface area contributed by atoms with Crippen molar-refractivity contribution in [1.82, 2.24) is 0 Å². The minimum atomic E-state index is -0.774. The Balaban J connectivity index is 4.03. The average Bonchev–Trinajstić information content (AvgIpc) is 3.41. The normalized spacial score (nSPS) is 12.6. The summed E-state index contributed by atoms with van der Waals surface area (Å²) >= 11 is 0. The molecular weight excluding hydrogens is 925 g/mol. The zero-order valence-electron chi connectivity index (χ0n) is 49.6. The molecule has 0 saturated heterocycles. The fraction of sp³-hybridized carbons (Fsp3) is 0.754. The summed E-state index contributed by atoms with van der Waals surface area (Å²) in [4.78, 5) is 38.1. The highest BCUT2D eigenvalue weighted by Gasteiger charge is 2.19. The molecule has 0 N–H and O–H groups in total. The molecule has 0 spiro atoms. The van der Waals surface area contributed by atoms with Gasteiger partial charge in [0.2, 0.25) is 0 Å². The Morgan fingerprint density at radius 1 is 0.280 bits per heavy atom. The first kappa shape index (κ1) is 71.6. The summed E-state index contributed by atoms with van der Waals surface area (Å²) in [7, 11) is 0. The summed E-state index contributed by atoms with van der Waals surface area (Å²) in [6.45, 7) is 6.48. The summed E-state index contributed by atoms with van der Waals surface area (Å²) in [5.41, 5.74) is 0. The van der Waals surface area contributed by atoms with E-state index in [1.54, 1.807) is 0 Å². The van der Waals surface area contributed by atoms with Crippen molar-refractivity contribution in [3.8, 4) is 0 Å². The van der Waals surface area contributed by atoms with Crippen LogP contribution in [0.25, 0.3) is 0 Å². The van der Waals surface area contributed by atoms with E-state index in [1.165, 1.54) is 167 Å². The lowest BCUT2D eigenvalue weighted by Gasteiger charge is -2.18. The molecule has 0 bridgehead atoms. The van der Waals surface area contributed by atoms with Gasteiger partial charge < -0.3 is 14.2 Å². The highest BCUT2D eigenvalue weighted by atomic mass is 16.6. The minimum Gasteiger partial charge on any atom is -0.462 e. The Labute approximate surface area is 465 Å². The van der Waals surface area contributed by atoms with Crippen LogP contribution in [-0.2, 0) is 28.6 Å². The fourth-order valence-corrected chi connectivity index (χ4v) is 9.10. The summed E-state index contributed by atoms with van der Waals surface area (Å²) in [5.74, 6) is -0.874. The van der Waals surface area contributed by atoms with E-state index in [0.29, 0.717) is 19.3 Å². The summed E-state index contributed by atoms with van der Waals surface area (Å²) in [5, 5.41) is 0. The van der Waals surface area contributed by atoms with Crippen LogP contribution in [0.4, 0.5) is 0 Å². The van der Waals surface area contributed by atoms with E-state index in [9.17, 15) is 14.4 Å². The van der Waals surface area contributed by atoms with Crippen LogP contribution in [0.3, 0.4) is 0 Å². The highest BCUT2D eigenvalue weighted by molar-refractivity contribution is 5.71. The maximum Gasteiger partial charge on any atom is 0.306 e. The molecule has 6 heteroatoms. The van der Waals surface area contributed by atoms with Gasteiger partial charge in [-0.05, 0) is 89.9 Å². The van der Waals surface area contributed by atoms with Gasteiger partial charge in [-0.25, -0.2) is 0 Å². The molecule has 0 amide bonds. The summed E-state index contributed by atoms with van der Waals surface area (Å²) in [6.07, 6.45) is 83.3. The smallest absolute Gasteiger partial charge is 0.306 e. The van der Waals surface area contributed by atoms with Gasteiger partial charge in [0.15, 0.2) is 6.10 Å². The second-order valence-corrected chi connectivity index (χ2v) is 21.3. The van der Waals surface area contributed by atoms with E-state index in [-0.39, 0.29) is 31.1 Å². The largest absolute Gasteiger partial charge is 0.462 e. The molecule has 432 valence electrons. The molecule has 6 nitrogen and oxygen atoms in total. The van der Waals surface area contributed by atoms with Crippen molar-refractivity contribution in [3.05, 3.63) is 85.1 Å². The molecule has 0 aliphatic rings. The van der Waals surface area contributed by atoms with Crippen LogP contribution in [0.1, 0.15) is 316 Å². The number of allylic oxidation sites excluding steroid dienone is 14. The first-order valence-electron chi connectivity index (χ1n) is 32.1. The number of esters is 3. The standard InChI is InChI=1S/C69H120O6/c1-4-7-10-13-16-19-22-24-25-26-27-28-29-30-31-32-33-34-35-36-37-38-39-40-41-42-43-44-45-46-48-50-53-56-59-62-68(71)74-65-66(64-73-67(70)61-58-55-52-49-21-18-15-12-9-6-3)75-69(72)63-60-57-54-51-47-23-20-17-14-11-8-5-2/h7,10,12,15-16,19,24-25,27-28,30-31,33-34,66H,4-6,8-9,11,13-14,17-18,20-23,26,29,32,35-65H2,1-3H3/b10-7-,15-12-,19-16-,25-24-,28-27-,31-30-,34-33-. The molecule has 0 heterocycles. The number of carbonyl (C=O) groups excluding carboxylic acids is 3. The van der Waals surface area contributed by atoms with Crippen molar-refractivity contribution in [3.63, 3.8) is 0 Å². The molecule has 0 fully saturated rings. The minimum absolute atomic E-state index is 0.0741. The SMILES string of the molecule is CC/C=C\C/C=C\C/C=C\C/C=C\C/C=C\C/C=C\CCCCCCCCCCCCCCCCCCC(=O)OCC(COC(=O)CCCCCCC/C=C\CCC)OC(=O)CCCCCCCCCCCCCC. The number of ether oxygens (including phenoxy) is 3. The molecule has 0 radical (unpaired) electrons. The Hall–Kier alpha value is -3.41. The van der Waals surface area contributed by atoms with E-state index in [0.717, 1.165) is 109 Å². The molecule has 1 atom stereocenters. The monoisotopic (exact) mass is 1040 g/mol. The molecular formula is C69H120O6. The molecule has 75 heavy (non-hydrogen) atoms. The van der Waals surface area contributed by atoms with Crippen molar-refractivity contribution in [2.24, 2.45) is 0 Å². The number of unbranched alkanes of at least 4 members (excludes halogenated alkanes) is 33. The first-order valence-corrected chi connectivity index (χ1v) is 32.1. The quantitative estimate of drug-likeness (QED) is 0.0261. The lowest BCUT2D eigenvalue weighted by atomic mass is 10.0. The second-order valence-electron chi connectivity index (χ2n) is 21.3. The topological polar surface area (TPSA) is 78.9 Å². The van der Waals surface area contributed by atoms with Gasteiger partial charge in [-0.2, -0.15) is 0 Å². The predicted octanol–water partition coefficient (Wildman–Crippen LogP) is 21.9. The van der Waals surface area contributed by atoms with Crippen LogP contribution in [0.2, 0.25) is 0 Å². The second kappa shape index (κ2) is 63.1. The van der Waals surface area contributed by atoms with Crippen molar-refractivity contribution in [1.29, 1.82) is 0 Å². The van der Waals surface area contributed by atoms with Gasteiger partial charge >= 0.3 is 17.9 Å². The molecule has 0 aromatic rings. The number of hydrogen-bond donors (Lipinski definition) is 0. The van der Waals surface area contributed by atoms with Gasteiger partial charge in [0.1, 0.15) is 13.2 Å². The zero-order chi connectivity index (χ0) is 54.3. The van der Waals surface area contributed by atoms with Crippen LogP contribution in [0.15, 0.2) is 85.1 Å². The summed E-state index contributed by atoms with van der Waals surface area (Å²) < 4.78 is 16.8. The number of rotatable bonds is 58. The highest BCUT2D eigenvalue weighted by Crippen LogP contribution is 2.17. The van der Waals surface area contributed by atoms with Gasteiger partial charge in [-0.1, -0.05) is 292 Å². The third-order valence-electron chi connectivity index (χ3n) is 13.9. The Morgan fingerprint density at radius 2 is 0.547 bits per heavy atom. The Bertz CT molecular complexity index is 1430. The fourth-order valence-electron chi connectivity index (χ4n) is 9.10. The lowest BCUT2D eigenvalue weighted by Crippen LogP contribution is -2.30. The predicted molar refractivity (Wildman–Crippen MR) is 325 cm³/mol. The van der Waals surface area contributed by atoms with E-state index in [2.05, 4.69) is 106 Å². The molecule has 0 aromatic heterocycles. The third-order valence-corrected chi connectivity index (χ3v) is 13.9. The van der Waals surface area contributed by atoms with E-state index in [4.69, 9.17) is 14.2 Å². The average molecular weight is 1050 g/mol. The molecule has 0 aliphatic carbocycles. The van der Waals surface area contributed by atoms with Gasteiger partial charge in [0, 0.05) is 19.3 Å². The molecule has 0 rings (SSSR count). The number of hydrogen-bond acceptors (Lipinski definition) is 6. The van der Waals surface area contributed by atoms with Crippen LogP contribution in [0, 0.1) is 0 Å². The van der Waals surface area contributed by atoms with Crippen molar-refractivity contribution < 1.29 is 28.6 Å². The lowest BCUT2D eigenvalue weighted by molar-refractivity contribution is -0.167. The van der Waals surface area contributed by atoms with Gasteiger partial charge in [-0.3, -0.25) is 14.4 Å². The Kier molecular flexibility index (Phi) is 60.3. The van der Waals surface area contributed by atoms with Crippen molar-refractivity contribution >= 4 is 17.9 Å². The van der Waals surface area contributed by atoms with Crippen molar-refractivity contribution in [2.75, 3.05) is 13.2 Å².